The van der Waals surface area contributed by atoms with E-state index in [2.05, 4.69) is 137 Å². The average Bonchev–Trinajstić information content (AvgIpc) is 2.88. The van der Waals surface area contributed by atoms with Gasteiger partial charge in [-0.3, -0.25) is 0 Å². The second kappa shape index (κ2) is 10.4. The fourth-order valence-corrected chi connectivity index (χ4v) is 8.65. The Kier molecular flexibility index (Phi) is 7.30. The van der Waals surface area contributed by atoms with Crippen molar-refractivity contribution in [3.63, 3.8) is 0 Å². The molecule has 1 atom stereocenters. The maximum Gasteiger partial charge on any atom is 0.115 e. The predicted molar refractivity (Wildman–Crippen MR) is 147 cm³/mol. The SMILES string of the molecule is CC[Si](C)(c1ccccc1)c1cccc(C(C)C)c1CC(c1ccccc1)c1ccccc1. The Morgan fingerprint density at radius 3 is 1.64 bits per heavy atom. The second-order valence-electron chi connectivity index (χ2n) is 9.66. The van der Waals surface area contributed by atoms with E-state index in [0.717, 1.165) is 6.42 Å². The summed E-state index contributed by atoms with van der Waals surface area (Å²) >= 11 is 0. The van der Waals surface area contributed by atoms with Crippen LogP contribution in [0, 0.1) is 0 Å². The maximum atomic E-state index is 2.56. The van der Waals surface area contributed by atoms with Crippen LogP contribution >= 0.6 is 0 Å². The number of benzene rings is 4. The molecule has 0 aliphatic carbocycles. The van der Waals surface area contributed by atoms with Gasteiger partial charge in [0.25, 0.3) is 0 Å². The van der Waals surface area contributed by atoms with Crippen LogP contribution in [0.5, 0.6) is 0 Å². The minimum atomic E-state index is -1.87. The highest BCUT2D eigenvalue weighted by atomic mass is 28.3. The van der Waals surface area contributed by atoms with E-state index in [1.54, 1.807) is 10.8 Å². The third-order valence-electron chi connectivity index (χ3n) is 7.36. The van der Waals surface area contributed by atoms with Gasteiger partial charge in [-0.15, -0.1) is 0 Å². The van der Waals surface area contributed by atoms with Gasteiger partial charge in [0, 0.05) is 5.92 Å². The fraction of sp³-hybridized carbons (Fsp3) is 0.250. The molecule has 0 bridgehead atoms. The summed E-state index contributed by atoms with van der Waals surface area (Å²) in [5.41, 5.74) is 5.87. The zero-order valence-electron chi connectivity index (χ0n) is 20.5. The van der Waals surface area contributed by atoms with E-state index >= 15 is 0 Å². The van der Waals surface area contributed by atoms with Gasteiger partial charge in [0.05, 0.1) is 0 Å². The van der Waals surface area contributed by atoms with Gasteiger partial charge in [-0.2, -0.15) is 0 Å². The van der Waals surface area contributed by atoms with E-state index in [4.69, 9.17) is 0 Å². The third-order valence-corrected chi connectivity index (χ3v) is 12.0. The summed E-state index contributed by atoms with van der Waals surface area (Å²) in [5, 5.41) is 3.14. The van der Waals surface area contributed by atoms with Gasteiger partial charge in [0.15, 0.2) is 0 Å². The molecule has 0 radical (unpaired) electrons. The standard InChI is InChI=1S/C32H36Si/c1-5-33(4,28-20-13-8-14-21-28)32-23-15-22-29(25(2)3)31(32)24-30(26-16-9-6-10-17-26)27-18-11-7-12-19-27/h6-23,25,30H,5,24H2,1-4H3. The topological polar surface area (TPSA) is 0 Å². The van der Waals surface area contributed by atoms with Crippen LogP contribution in [-0.4, -0.2) is 8.07 Å². The monoisotopic (exact) mass is 448 g/mol. The quantitative estimate of drug-likeness (QED) is 0.246. The molecular weight excluding hydrogens is 412 g/mol. The molecule has 0 spiro atoms. The summed E-state index contributed by atoms with van der Waals surface area (Å²) in [6, 6.07) is 41.7. The van der Waals surface area contributed by atoms with Crippen molar-refractivity contribution in [1.29, 1.82) is 0 Å². The summed E-state index contributed by atoms with van der Waals surface area (Å²) < 4.78 is 0. The number of hydrogen-bond donors (Lipinski definition) is 0. The van der Waals surface area contributed by atoms with E-state index in [0.29, 0.717) is 11.8 Å². The number of hydrogen-bond acceptors (Lipinski definition) is 0. The second-order valence-corrected chi connectivity index (χ2v) is 14.1. The molecule has 1 heteroatoms. The summed E-state index contributed by atoms with van der Waals surface area (Å²) in [6.07, 6.45) is 1.03. The van der Waals surface area contributed by atoms with Crippen molar-refractivity contribution in [1.82, 2.24) is 0 Å². The Morgan fingerprint density at radius 2 is 1.15 bits per heavy atom. The molecule has 0 nitrogen and oxygen atoms in total. The Hall–Kier alpha value is -2.90. The molecule has 4 rings (SSSR count). The third kappa shape index (κ3) is 4.89. The Bertz CT molecular complexity index is 1110. The van der Waals surface area contributed by atoms with E-state index in [1.165, 1.54) is 27.9 Å². The zero-order chi connectivity index (χ0) is 23.3. The highest BCUT2D eigenvalue weighted by Gasteiger charge is 2.33. The molecule has 0 saturated heterocycles. The summed E-state index contributed by atoms with van der Waals surface area (Å²) in [5.74, 6) is 0.843. The van der Waals surface area contributed by atoms with Gasteiger partial charge in [-0.05, 0) is 34.6 Å². The van der Waals surface area contributed by atoms with Gasteiger partial charge in [0.2, 0.25) is 0 Å². The van der Waals surface area contributed by atoms with E-state index in [-0.39, 0.29) is 0 Å². The van der Waals surface area contributed by atoms with Crippen molar-refractivity contribution in [2.45, 2.75) is 51.6 Å². The summed E-state index contributed by atoms with van der Waals surface area (Å²) in [7, 11) is -1.87. The van der Waals surface area contributed by atoms with Crippen molar-refractivity contribution in [2.24, 2.45) is 0 Å². The molecule has 0 N–H and O–H groups in total. The van der Waals surface area contributed by atoms with Crippen LogP contribution in [0.3, 0.4) is 0 Å². The van der Waals surface area contributed by atoms with Crippen LogP contribution in [0.4, 0.5) is 0 Å². The molecule has 4 aromatic carbocycles. The first-order valence-electron chi connectivity index (χ1n) is 12.3. The van der Waals surface area contributed by atoms with Crippen molar-refractivity contribution < 1.29 is 0 Å². The van der Waals surface area contributed by atoms with Crippen molar-refractivity contribution in [3.8, 4) is 0 Å². The highest BCUT2D eigenvalue weighted by Crippen LogP contribution is 2.32. The van der Waals surface area contributed by atoms with Gasteiger partial charge < -0.3 is 0 Å². The van der Waals surface area contributed by atoms with Crippen LogP contribution in [0.1, 0.15) is 54.9 Å². The molecule has 0 heterocycles. The first-order chi connectivity index (χ1) is 16.0. The molecule has 33 heavy (non-hydrogen) atoms. The largest absolute Gasteiger partial charge is 0.115 e. The first kappa shape index (κ1) is 23.3. The van der Waals surface area contributed by atoms with E-state index in [9.17, 15) is 0 Å². The maximum absolute atomic E-state index is 2.56. The molecule has 1 unspecified atom stereocenters. The molecule has 4 aromatic rings. The van der Waals surface area contributed by atoms with Gasteiger partial charge in [-0.25, -0.2) is 0 Å². The van der Waals surface area contributed by atoms with Crippen molar-refractivity contribution in [3.05, 3.63) is 131 Å². The fourth-order valence-electron chi connectivity index (χ4n) is 5.25. The van der Waals surface area contributed by atoms with Crippen molar-refractivity contribution in [2.75, 3.05) is 0 Å². The van der Waals surface area contributed by atoms with Gasteiger partial charge >= 0.3 is 0 Å². The Balaban J connectivity index is 1.90. The van der Waals surface area contributed by atoms with Crippen molar-refractivity contribution >= 4 is 18.4 Å². The average molecular weight is 449 g/mol. The molecule has 0 amide bonds. The van der Waals surface area contributed by atoms with Crippen LogP contribution < -0.4 is 10.4 Å². The molecule has 168 valence electrons. The van der Waals surface area contributed by atoms with Gasteiger partial charge in [0.1, 0.15) is 8.07 Å². The molecule has 0 aromatic heterocycles. The zero-order valence-corrected chi connectivity index (χ0v) is 21.5. The molecular formula is C32H36Si. The lowest BCUT2D eigenvalue weighted by Gasteiger charge is -2.33. The normalized spacial score (nSPS) is 13.3. The molecule has 0 aliphatic rings. The first-order valence-corrected chi connectivity index (χ1v) is 15.0. The molecule has 0 fully saturated rings. The lowest BCUT2D eigenvalue weighted by atomic mass is 9.83. The Labute approximate surface area is 201 Å². The molecule has 0 saturated carbocycles. The molecule has 0 aliphatic heterocycles. The summed E-state index contributed by atoms with van der Waals surface area (Å²) in [6.45, 7) is 9.63. The highest BCUT2D eigenvalue weighted by molar-refractivity contribution is 7.01. The van der Waals surface area contributed by atoms with Crippen LogP contribution in [-0.2, 0) is 6.42 Å². The van der Waals surface area contributed by atoms with Crippen LogP contribution in [0.15, 0.2) is 109 Å². The number of rotatable bonds is 8. The van der Waals surface area contributed by atoms with Crippen LogP contribution in [0.2, 0.25) is 12.6 Å². The lowest BCUT2D eigenvalue weighted by molar-refractivity contribution is 0.774. The van der Waals surface area contributed by atoms with Crippen LogP contribution in [0.25, 0.3) is 0 Å². The Morgan fingerprint density at radius 1 is 0.636 bits per heavy atom. The summed E-state index contributed by atoms with van der Waals surface area (Å²) in [4.78, 5) is 0. The minimum Gasteiger partial charge on any atom is -0.0672 e. The van der Waals surface area contributed by atoms with E-state index in [1.807, 2.05) is 0 Å². The minimum absolute atomic E-state index is 0.344. The van der Waals surface area contributed by atoms with Gasteiger partial charge in [-0.1, -0.05) is 153 Å². The lowest BCUT2D eigenvalue weighted by Crippen LogP contribution is -2.56. The smallest absolute Gasteiger partial charge is 0.0672 e. The predicted octanol–water partition coefficient (Wildman–Crippen LogP) is 7.40. The van der Waals surface area contributed by atoms with E-state index < -0.39 is 8.07 Å².